The maximum Gasteiger partial charge on any atom is 0.335 e. The molecule has 0 heterocycles. The van der Waals surface area contributed by atoms with Gasteiger partial charge in [-0.05, 0) is 37.6 Å². The highest BCUT2D eigenvalue weighted by Gasteiger charge is 2.26. The Bertz CT molecular complexity index is 461. The minimum absolute atomic E-state index is 0.253. The molecule has 0 radical (unpaired) electrons. The number of likely N-dealkylation sites (N-methyl/N-ethyl adjacent to an activating group) is 1. The van der Waals surface area contributed by atoms with E-state index in [0.717, 1.165) is 32.2 Å². The summed E-state index contributed by atoms with van der Waals surface area (Å²) in [7, 11) is 0. The highest BCUT2D eigenvalue weighted by Crippen LogP contribution is 2.25. The average molecular weight is 292 g/mol. The number of carboxylic acids is 1. The number of aromatic carboxylic acids is 1. The first-order chi connectivity index (χ1) is 10.2. The molecule has 1 aliphatic rings. The smallest absolute Gasteiger partial charge is 0.335 e. The van der Waals surface area contributed by atoms with E-state index in [0.29, 0.717) is 12.4 Å². The van der Waals surface area contributed by atoms with E-state index in [-0.39, 0.29) is 5.56 Å². The minimum Gasteiger partial charge on any atom is -0.492 e. The summed E-state index contributed by atoms with van der Waals surface area (Å²) in [5, 5.41) is 12.3. The highest BCUT2D eigenvalue weighted by atomic mass is 16.5. The standard InChI is InChI=1S/C16H24N2O3/c1-2-18(14-6-7-14)10-8-17-9-11-21-15-5-3-4-13(12-15)16(19)20/h3-5,12,14,17H,2,6-11H2,1H3,(H,19,20). The Labute approximate surface area is 125 Å². The molecule has 2 rings (SSSR count). The van der Waals surface area contributed by atoms with E-state index in [4.69, 9.17) is 9.84 Å². The zero-order valence-corrected chi connectivity index (χ0v) is 12.5. The van der Waals surface area contributed by atoms with Crippen LogP contribution in [0, 0.1) is 0 Å². The predicted octanol–water partition coefficient (Wildman–Crippen LogP) is 1.84. The molecule has 0 aliphatic heterocycles. The van der Waals surface area contributed by atoms with Crippen LogP contribution >= 0.6 is 0 Å². The molecule has 0 atom stereocenters. The van der Waals surface area contributed by atoms with Crippen LogP contribution in [-0.4, -0.2) is 54.8 Å². The van der Waals surface area contributed by atoms with Gasteiger partial charge in [0.2, 0.25) is 0 Å². The van der Waals surface area contributed by atoms with Gasteiger partial charge in [0.15, 0.2) is 0 Å². The van der Waals surface area contributed by atoms with Gasteiger partial charge < -0.3 is 15.2 Å². The van der Waals surface area contributed by atoms with Crippen LogP contribution < -0.4 is 10.1 Å². The molecule has 1 aromatic rings. The molecule has 0 saturated heterocycles. The van der Waals surface area contributed by atoms with Gasteiger partial charge in [-0.3, -0.25) is 4.90 Å². The van der Waals surface area contributed by atoms with Crippen molar-refractivity contribution in [1.29, 1.82) is 0 Å². The topological polar surface area (TPSA) is 61.8 Å². The Kier molecular flexibility index (Phi) is 6.02. The molecule has 0 amide bonds. The molecule has 1 aromatic carbocycles. The summed E-state index contributed by atoms with van der Waals surface area (Å²) in [6, 6.07) is 7.39. The lowest BCUT2D eigenvalue weighted by Gasteiger charge is -2.19. The molecule has 0 unspecified atom stereocenters. The lowest BCUT2D eigenvalue weighted by atomic mass is 10.2. The Hall–Kier alpha value is -1.59. The molecule has 0 spiro atoms. The monoisotopic (exact) mass is 292 g/mol. The number of nitrogens with one attached hydrogen (secondary N) is 1. The Morgan fingerprint density at radius 3 is 2.90 bits per heavy atom. The first kappa shape index (κ1) is 15.8. The van der Waals surface area contributed by atoms with Crippen LogP contribution in [-0.2, 0) is 0 Å². The van der Waals surface area contributed by atoms with Crippen molar-refractivity contribution in [1.82, 2.24) is 10.2 Å². The van der Waals surface area contributed by atoms with Gasteiger partial charge in [0.25, 0.3) is 0 Å². The van der Waals surface area contributed by atoms with Gasteiger partial charge in [-0.25, -0.2) is 4.79 Å². The molecule has 5 heteroatoms. The average Bonchev–Trinajstić information content (AvgIpc) is 3.31. The van der Waals surface area contributed by atoms with Crippen molar-refractivity contribution in [2.24, 2.45) is 0 Å². The number of carbonyl (C=O) groups is 1. The molecule has 1 aliphatic carbocycles. The van der Waals surface area contributed by atoms with Crippen molar-refractivity contribution >= 4 is 5.97 Å². The third-order valence-corrected chi connectivity index (χ3v) is 3.67. The van der Waals surface area contributed by atoms with Crippen LogP contribution in [0.1, 0.15) is 30.1 Å². The Morgan fingerprint density at radius 2 is 2.24 bits per heavy atom. The van der Waals surface area contributed by atoms with Gasteiger partial charge in [-0.15, -0.1) is 0 Å². The number of carboxylic acid groups (broad SMARTS) is 1. The van der Waals surface area contributed by atoms with Crippen LogP contribution in [0.5, 0.6) is 5.75 Å². The summed E-state index contributed by atoms with van der Waals surface area (Å²) in [6.07, 6.45) is 2.69. The molecule has 0 aromatic heterocycles. The van der Waals surface area contributed by atoms with Crippen molar-refractivity contribution in [3.63, 3.8) is 0 Å². The van der Waals surface area contributed by atoms with Crippen molar-refractivity contribution in [2.45, 2.75) is 25.8 Å². The van der Waals surface area contributed by atoms with Gasteiger partial charge in [-0.2, -0.15) is 0 Å². The van der Waals surface area contributed by atoms with Crippen LogP contribution in [0.25, 0.3) is 0 Å². The molecule has 5 nitrogen and oxygen atoms in total. The number of hydrogen-bond donors (Lipinski definition) is 2. The largest absolute Gasteiger partial charge is 0.492 e. The lowest BCUT2D eigenvalue weighted by Crippen LogP contribution is -2.34. The normalized spacial score (nSPS) is 14.4. The van der Waals surface area contributed by atoms with E-state index in [2.05, 4.69) is 17.1 Å². The molecule has 1 saturated carbocycles. The van der Waals surface area contributed by atoms with Crippen LogP contribution in [0.15, 0.2) is 24.3 Å². The molecule has 1 fully saturated rings. The first-order valence-electron chi connectivity index (χ1n) is 7.61. The zero-order chi connectivity index (χ0) is 15.1. The second-order valence-electron chi connectivity index (χ2n) is 5.29. The summed E-state index contributed by atoms with van der Waals surface area (Å²) in [5.41, 5.74) is 0.253. The fourth-order valence-electron chi connectivity index (χ4n) is 2.35. The molecular weight excluding hydrogens is 268 g/mol. The summed E-state index contributed by atoms with van der Waals surface area (Å²) in [6.45, 7) is 6.67. The van der Waals surface area contributed by atoms with E-state index in [1.807, 2.05) is 0 Å². The van der Waals surface area contributed by atoms with Gasteiger partial charge >= 0.3 is 5.97 Å². The molecule has 2 N–H and O–H groups in total. The van der Waals surface area contributed by atoms with Gasteiger partial charge in [0, 0.05) is 25.7 Å². The number of hydrogen-bond acceptors (Lipinski definition) is 4. The fraction of sp³-hybridized carbons (Fsp3) is 0.562. The Morgan fingerprint density at radius 1 is 1.43 bits per heavy atom. The summed E-state index contributed by atoms with van der Waals surface area (Å²) < 4.78 is 5.55. The van der Waals surface area contributed by atoms with Crippen molar-refractivity contribution in [2.75, 3.05) is 32.8 Å². The predicted molar refractivity (Wildman–Crippen MR) is 82.0 cm³/mol. The summed E-state index contributed by atoms with van der Waals surface area (Å²) in [5.74, 6) is -0.330. The lowest BCUT2D eigenvalue weighted by molar-refractivity contribution is 0.0696. The third kappa shape index (κ3) is 5.36. The summed E-state index contributed by atoms with van der Waals surface area (Å²) >= 11 is 0. The molecule has 21 heavy (non-hydrogen) atoms. The van der Waals surface area contributed by atoms with Gasteiger partial charge in [0.05, 0.1) is 5.56 Å². The quantitative estimate of drug-likeness (QED) is 0.644. The zero-order valence-electron chi connectivity index (χ0n) is 12.5. The van der Waals surface area contributed by atoms with E-state index in [1.165, 1.54) is 12.8 Å². The molecule has 116 valence electrons. The van der Waals surface area contributed by atoms with E-state index in [1.54, 1.807) is 24.3 Å². The van der Waals surface area contributed by atoms with Crippen molar-refractivity contribution in [3.05, 3.63) is 29.8 Å². The number of benzene rings is 1. The maximum absolute atomic E-state index is 10.8. The first-order valence-corrected chi connectivity index (χ1v) is 7.61. The summed E-state index contributed by atoms with van der Waals surface area (Å²) in [4.78, 5) is 13.4. The number of nitrogens with zero attached hydrogens (tertiary/aromatic N) is 1. The second-order valence-corrected chi connectivity index (χ2v) is 5.29. The second kappa shape index (κ2) is 8.00. The van der Waals surface area contributed by atoms with Gasteiger partial charge in [0.1, 0.15) is 12.4 Å². The number of ether oxygens (including phenoxy) is 1. The Balaban J connectivity index is 1.59. The maximum atomic E-state index is 10.8. The van der Waals surface area contributed by atoms with E-state index in [9.17, 15) is 4.79 Å². The van der Waals surface area contributed by atoms with Gasteiger partial charge in [-0.1, -0.05) is 13.0 Å². The van der Waals surface area contributed by atoms with Crippen molar-refractivity contribution in [3.8, 4) is 5.75 Å². The van der Waals surface area contributed by atoms with Crippen molar-refractivity contribution < 1.29 is 14.6 Å². The van der Waals surface area contributed by atoms with E-state index >= 15 is 0 Å². The SMILES string of the molecule is CCN(CCNCCOc1cccc(C(=O)O)c1)C1CC1. The van der Waals surface area contributed by atoms with E-state index < -0.39 is 5.97 Å². The van der Waals surface area contributed by atoms with Crippen LogP contribution in [0.2, 0.25) is 0 Å². The highest BCUT2D eigenvalue weighted by molar-refractivity contribution is 5.87. The minimum atomic E-state index is -0.932. The van der Waals surface area contributed by atoms with Crippen LogP contribution in [0.3, 0.4) is 0 Å². The third-order valence-electron chi connectivity index (χ3n) is 3.67. The fourth-order valence-corrected chi connectivity index (χ4v) is 2.35. The number of rotatable bonds is 10. The van der Waals surface area contributed by atoms with Crippen LogP contribution in [0.4, 0.5) is 0 Å². The molecular formula is C16H24N2O3. The molecule has 0 bridgehead atoms.